The van der Waals surface area contributed by atoms with Gasteiger partial charge in [0.1, 0.15) is 5.82 Å². The number of nitrogens with one attached hydrogen (secondary N) is 2. The van der Waals surface area contributed by atoms with Crippen molar-refractivity contribution in [1.82, 2.24) is 14.9 Å². The second kappa shape index (κ2) is 8.82. The molecule has 1 aliphatic rings. The lowest BCUT2D eigenvalue weighted by Crippen LogP contribution is -2.36. The third-order valence-corrected chi connectivity index (χ3v) is 4.21. The van der Waals surface area contributed by atoms with Gasteiger partial charge in [-0.25, -0.2) is 4.98 Å². The fourth-order valence-electron chi connectivity index (χ4n) is 2.90. The van der Waals surface area contributed by atoms with Gasteiger partial charge < -0.3 is 25.2 Å². The Bertz CT molecular complexity index is 715. The van der Waals surface area contributed by atoms with Crippen LogP contribution in [0.2, 0.25) is 0 Å². The lowest BCUT2D eigenvalue weighted by atomic mass is 10.2. The number of rotatable bonds is 7. The Labute approximate surface area is 155 Å². The quantitative estimate of drug-likeness (QED) is 0.789. The van der Waals surface area contributed by atoms with Crippen molar-refractivity contribution in [2.75, 3.05) is 69.0 Å². The zero-order valence-electron chi connectivity index (χ0n) is 15.8. The van der Waals surface area contributed by atoms with Gasteiger partial charge >= 0.3 is 0 Å². The predicted octanol–water partition coefficient (Wildman–Crippen LogP) is 2.34. The maximum atomic E-state index is 5.47. The molecule has 1 aliphatic heterocycles. The van der Waals surface area contributed by atoms with E-state index in [-0.39, 0.29) is 0 Å². The molecule has 2 N–H and O–H groups in total. The average molecular weight is 356 g/mol. The number of likely N-dealkylation sites (N-methyl/N-ethyl adjacent to an activating group) is 1. The highest BCUT2D eigenvalue weighted by Gasteiger charge is 2.15. The first kappa shape index (κ1) is 18.4. The molecule has 0 bridgehead atoms. The number of ether oxygens (including phenoxy) is 1. The molecule has 26 heavy (non-hydrogen) atoms. The molecule has 7 heteroatoms. The van der Waals surface area contributed by atoms with E-state index in [1.807, 2.05) is 33.2 Å². The number of anilines is 4. The van der Waals surface area contributed by atoms with Gasteiger partial charge in [0.2, 0.25) is 5.95 Å². The van der Waals surface area contributed by atoms with Gasteiger partial charge in [-0.1, -0.05) is 12.1 Å². The summed E-state index contributed by atoms with van der Waals surface area (Å²) in [5, 5.41) is 6.76. The molecule has 140 valence electrons. The monoisotopic (exact) mass is 356 g/mol. The third kappa shape index (κ3) is 5.06. The second-order valence-corrected chi connectivity index (χ2v) is 6.69. The summed E-state index contributed by atoms with van der Waals surface area (Å²) in [6.45, 7) is 7.05. The van der Waals surface area contributed by atoms with Gasteiger partial charge in [0, 0.05) is 37.9 Å². The van der Waals surface area contributed by atoms with Crippen LogP contribution >= 0.6 is 0 Å². The van der Waals surface area contributed by atoms with Crippen molar-refractivity contribution < 1.29 is 4.74 Å². The largest absolute Gasteiger partial charge is 0.378 e. The fraction of sp³-hybridized carbons (Fsp3) is 0.474. The Balaban J connectivity index is 1.75. The SMILES string of the molecule is Cc1cc(Nc2ccccc2N2CCOCC2)nc(NCCN(C)C)n1. The standard InChI is InChI=1S/C19H28N6O/c1-15-14-18(23-19(21-15)20-8-9-24(2)3)22-16-6-4-5-7-17(16)25-10-12-26-13-11-25/h4-7,14H,8-13H2,1-3H3,(H2,20,21,22,23). The van der Waals surface area contributed by atoms with Gasteiger partial charge in [0.25, 0.3) is 0 Å². The molecule has 2 heterocycles. The van der Waals surface area contributed by atoms with Crippen LogP contribution in [0, 0.1) is 6.92 Å². The summed E-state index contributed by atoms with van der Waals surface area (Å²) in [5.74, 6) is 1.45. The molecular weight excluding hydrogens is 328 g/mol. The number of aromatic nitrogens is 2. The maximum absolute atomic E-state index is 5.47. The second-order valence-electron chi connectivity index (χ2n) is 6.69. The van der Waals surface area contributed by atoms with Crippen LogP contribution in [0.1, 0.15) is 5.69 Å². The van der Waals surface area contributed by atoms with E-state index in [0.717, 1.165) is 56.6 Å². The van der Waals surface area contributed by atoms with Crippen LogP contribution in [0.4, 0.5) is 23.1 Å². The first-order valence-electron chi connectivity index (χ1n) is 9.05. The topological polar surface area (TPSA) is 65.6 Å². The van der Waals surface area contributed by atoms with E-state index in [4.69, 9.17) is 4.74 Å². The average Bonchev–Trinajstić information content (AvgIpc) is 2.62. The molecule has 0 spiro atoms. The third-order valence-electron chi connectivity index (χ3n) is 4.21. The molecular formula is C19H28N6O. The zero-order chi connectivity index (χ0) is 18.4. The van der Waals surface area contributed by atoms with Crippen LogP contribution in [-0.2, 0) is 4.74 Å². The minimum absolute atomic E-state index is 0.651. The summed E-state index contributed by atoms with van der Waals surface area (Å²) in [6.07, 6.45) is 0. The summed E-state index contributed by atoms with van der Waals surface area (Å²) < 4.78 is 5.47. The van der Waals surface area contributed by atoms with Gasteiger partial charge in [0.15, 0.2) is 0 Å². The first-order chi connectivity index (χ1) is 12.6. The first-order valence-corrected chi connectivity index (χ1v) is 9.05. The van der Waals surface area contributed by atoms with Crippen molar-refractivity contribution in [2.45, 2.75) is 6.92 Å². The number of para-hydroxylation sites is 2. The summed E-state index contributed by atoms with van der Waals surface area (Å²) >= 11 is 0. The molecule has 0 amide bonds. The lowest BCUT2D eigenvalue weighted by molar-refractivity contribution is 0.123. The Hall–Kier alpha value is -2.38. The summed E-state index contributed by atoms with van der Waals surface area (Å²) in [7, 11) is 4.10. The van der Waals surface area contributed by atoms with E-state index < -0.39 is 0 Å². The Morgan fingerprint density at radius 2 is 1.92 bits per heavy atom. The van der Waals surface area contributed by atoms with E-state index in [9.17, 15) is 0 Å². The maximum Gasteiger partial charge on any atom is 0.224 e. The van der Waals surface area contributed by atoms with Crippen molar-refractivity contribution in [3.63, 3.8) is 0 Å². The summed E-state index contributed by atoms with van der Waals surface area (Å²) in [5.41, 5.74) is 3.15. The van der Waals surface area contributed by atoms with Crippen molar-refractivity contribution in [2.24, 2.45) is 0 Å². The van der Waals surface area contributed by atoms with Gasteiger partial charge in [-0.2, -0.15) is 4.98 Å². The molecule has 1 aromatic carbocycles. The molecule has 1 saturated heterocycles. The smallest absolute Gasteiger partial charge is 0.224 e. The van der Waals surface area contributed by atoms with Crippen molar-refractivity contribution in [3.05, 3.63) is 36.0 Å². The Kier molecular flexibility index (Phi) is 6.25. The molecule has 7 nitrogen and oxygen atoms in total. The molecule has 0 unspecified atom stereocenters. The van der Waals surface area contributed by atoms with Crippen LogP contribution in [0.3, 0.4) is 0 Å². The van der Waals surface area contributed by atoms with Crippen molar-refractivity contribution in [3.8, 4) is 0 Å². The van der Waals surface area contributed by atoms with Crippen molar-refractivity contribution >= 4 is 23.1 Å². The molecule has 2 aromatic rings. The molecule has 1 fully saturated rings. The molecule has 0 radical (unpaired) electrons. The zero-order valence-corrected chi connectivity index (χ0v) is 15.8. The van der Waals surface area contributed by atoms with E-state index in [1.54, 1.807) is 0 Å². The summed E-state index contributed by atoms with van der Waals surface area (Å²) in [4.78, 5) is 13.6. The lowest BCUT2D eigenvalue weighted by Gasteiger charge is -2.30. The Morgan fingerprint density at radius 1 is 1.15 bits per heavy atom. The fourth-order valence-corrected chi connectivity index (χ4v) is 2.90. The van der Waals surface area contributed by atoms with E-state index in [2.05, 4.69) is 48.6 Å². The highest BCUT2D eigenvalue weighted by atomic mass is 16.5. The van der Waals surface area contributed by atoms with Crippen LogP contribution in [-0.4, -0.2) is 68.4 Å². The predicted molar refractivity (Wildman–Crippen MR) is 107 cm³/mol. The highest BCUT2D eigenvalue weighted by molar-refractivity contribution is 5.74. The van der Waals surface area contributed by atoms with Crippen LogP contribution in [0.5, 0.6) is 0 Å². The van der Waals surface area contributed by atoms with E-state index >= 15 is 0 Å². The number of hydrogen-bond donors (Lipinski definition) is 2. The number of morpholine rings is 1. The minimum Gasteiger partial charge on any atom is -0.378 e. The van der Waals surface area contributed by atoms with Gasteiger partial charge in [-0.3, -0.25) is 0 Å². The van der Waals surface area contributed by atoms with E-state index in [1.165, 1.54) is 5.69 Å². The molecule has 3 rings (SSSR count). The number of benzene rings is 1. The molecule has 0 atom stereocenters. The van der Waals surface area contributed by atoms with Gasteiger partial charge in [-0.05, 0) is 33.2 Å². The van der Waals surface area contributed by atoms with Crippen LogP contribution in [0.15, 0.2) is 30.3 Å². The van der Waals surface area contributed by atoms with Gasteiger partial charge in [0.05, 0.1) is 24.6 Å². The molecule has 0 saturated carbocycles. The molecule has 1 aromatic heterocycles. The van der Waals surface area contributed by atoms with Crippen LogP contribution < -0.4 is 15.5 Å². The van der Waals surface area contributed by atoms with E-state index in [0.29, 0.717) is 5.95 Å². The van der Waals surface area contributed by atoms with Gasteiger partial charge in [-0.15, -0.1) is 0 Å². The summed E-state index contributed by atoms with van der Waals surface area (Å²) in [6, 6.07) is 10.3. The normalized spacial score (nSPS) is 14.5. The Morgan fingerprint density at radius 3 is 2.69 bits per heavy atom. The highest BCUT2D eigenvalue weighted by Crippen LogP contribution is 2.29. The number of aryl methyl sites for hydroxylation is 1. The van der Waals surface area contributed by atoms with Crippen LogP contribution in [0.25, 0.3) is 0 Å². The minimum atomic E-state index is 0.651. The number of hydrogen-bond acceptors (Lipinski definition) is 7. The van der Waals surface area contributed by atoms with Crippen molar-refractivity contribution in [1.29, 1.82) is 0 Å². The molecule has 0 aliphatic carbocycles. The number of nitrogens with zero attached hydrogens (tertiary/aromatic N) is 4.